The molecule has 1 fully saturated rings. The fourth-order valence-electron chi connectivity index (χ4n) is 6.29. The summed E-state index contributed by atoms with van der Waals surface area (Å²) in [5, 5.41) is 33.6. The highest BCUT2D eigenvalue weighted by atomic mass is 32.1. The Morgan fingerprint density at radius 2 is 1.90 bits per heavy atom. The highest BCUT2D eigenvalue weighted by Gasteiger charge is 2.54. The molecule has 2 aromatic carbocycles. The number of thiophene rings is 1. The number of fused-ring (bicyclic) bond motifs is 1. The highest BCUT2D eigenvalue weighted by Crippen LogP contribution is 2.47. The van der Waals surface area contributed by atoms with Crippen LogP contribution in [0, 0.1) is 23.6 Å². The zero-order valence-electron chi connectivity index (χ0n) is 22.9. The van der Waals surface area contributed by atoms with Gasteiger partial charge in [0.15, 0.2) is 11.6 Å². The molecule has 8 heteroatoms. The molecule has 1 saturated heterocycles. The molecule has 6 nitrogen and oxygen atoms in total. The number of hydrogen-bond donors (Lipinski definition) is 3. The van der Waals surface area contributed by atoms with Gasteiger partial charge in [0.1, 0.15) is 0 Å². The summed E-state index contributed by atoms with van der Waals surface area (Å²) < 4.78 is 14.0. The predicted molar refractivity (Wildman–Crippen MR) is 157 cm³/mol. The van der Waals surface area contributed by atoms with Crippen LogP contribution >= 0.6 is 11.3 Å². The number of imide groups is 1. The summed E-state index contributed by atoms with van der Waals surface area (Å²) in [6, 6.07) is 17.6. The third-order valence-electron chi connectivity index (χ3n) is 8.30. The minimum absolute atomic E-state index is 0.207. The van der Waals surface area contributed by atoms with Gasteiger partial charge in [0.05, 0.1) is 31.1 Å². The molecule has 2 heterocycles. The van der Waals surface area contributed by atoms with Crippen molar-refractivity contribution in [1.82, 2.24) is 4.90 Å². The van der Waals surface area contributed by atoms with Gasteiger partial charge in [-0.05, 0) is 71.5 Å². The number of hydrogen-bond acceptors (Lipinski definition) is 6. The fourth-order valence-corrected chi connectivity index (χ4v) is 6.98. The van der Waals surface area contributed by atoms with Crippen molar-refractivity contribution in [2.24, 2.45) is 17.8 Å². The van der Waals surface area contributed by atoms with Crippen molar-refractivity contribution < 1.29 is 29.3 Å². The molecular weight excluding hydrogens is 541 g/mol. The molecule has 0 saturated carbocycles. The number of aliphatic hydroxyl groups excluding tert-OH is 2. The Morgan fingerprint density at radius 3 is 2.56 bits per heavy atom. The number of phenols is 1. The number of amides is 2. The quantitative estimate of drug-likeness (QED) is 0.161. The third-order valence-corrected chi connectivity index (χ3v) is 9.16. The van der Waals surface area contributed by atoms with Gasteiger partial charge in [-0.25, -0.2) is 4.39 Å². The molecule has 0 spiro atoms. The zero-order valence-corrected chi connectivity index (χ0v) is 23.7. The first-order valence-electron chi connectivity index (χ1n) is 13.9. The summed E-state index contributed by atoms with van der Waals surface area (Å²) in [6.07, 6.45) is 2.66. The molecule has 1 aliphatic carbocycles. The second kappa shape index (κ2) is 12.5. The molecule has 2 aliphatic rings. The standard InChI is InChI=1S/C33H34FNO5S/c1-2-21-17-25-31(33(40)35(32(25)39)18-24-9-6-14-41-24)26(19-36)30(21)29(38)13-11-23(22-7-4-3-5-8-22)15-20-10-12-28(37)27(34)16-20/h3-10,12,14-16,25-26,29,31,36-38H,2,11,13,17-19H2,1H3/b23-15-/t25-,26+,29-,31-/m1/s1. The first-order chi connectivity index (χ1) is 19.8. The first-order valence-corrected chi connectivity index (χ1v) is 14.8. The molecule has 5 rings (SSSR count). The summed E-state index contributed by atoms with van der Waals surface area (Å²) >= 11 is 1.49. The van der Waals surface area contributed by atoms with E-state index in [2.05, 4.69) is 0 Å². The minimum atomic E-state index is -0.930. The van der Waals surface area contributed by atoms with Gasteiger partial charge in [0.2, 0.25) is 11.8 Å². The number of aliphatic hydroxyl groups is 2. The van der Waals surface area contributed by atoms with Crippen LogP contribution in [0.25, 0.3) is 11.6 Å². The van der Waals surface area contributed by atoms with Gasteiger partial charge in [0.25, 0.3) is 0 Å². The Bertz CT molecular complexity index is 1470. The minimum Gasteiger partial charge on any atom is -0.505 e. The van der Waals surface area contributed by atoms with Crippen LogP contribution in [-0.4, -0.2) is 44.7 Å². The lowest BCUT2D eigenvalue weighted by atomic mass is 9.67. The molecule has 3 aromatic rings. The summed E-state index contributed by atoms with van der Waals surface area (Å²) in [7, 11) is 0. The van der Waals surface area contributed by atoms with E-state index in [-0.39, 0.29) is 25.0 Å². The van der Waals surface area contributed by atoms with Crippen LogP contribution in [0.5, 0.6) is 5.75 Å². The van der Waals surface area contributed by atoms with E-state index in [4.69, 9.17) is 0 Å². The average Bonchev–Trinajstić information content (AvgIpc) is 3.59. The molecular formula is C33H34FNO5S. The molecule has 0 unspecified atom stereocenters. The molecule has 214 valence electrons. The fraction of sp³-hybridized carbons (Fsp3) is 0.333. The van der Waals surface area contributed by atoms with Gasteiger partial charge < -0.3 is 15.3 Å². The molecule has 1 aliphatic heterocycles. The van der Waals surface area contributed by atoms with Crippen molar-refractivity contribution in [3.63, 3.8) is 0 Å². The summed E-state index contributed by atoms with van der Waals surface area (Å²) in [6.45, 7) is 1.86. The second-order valence-corrected chi connectivity index (χ2v) is 11.7. The number of benzene rings is 2. The lowest BCUT2D eigenvalue weighted by Gasteiger charge is -2.36. The van der Waals surface area contributed by atoms with Crippen molar-refractivity contribution >= 4 is 34.8 Å². The molecule has 0 bridgehead atoms. The van der Waals surface area contributed by atoms with Crippen LogP contribution in [0.4, 0.5) is 4.39 Å². The first kappa shape index (κ1) is 28.9. The average molecular weight is 576 g/mol. The number of nitrogens with zero attached hydrogens (tertiary/aromatic N) is 1. The number of likely N-dealkylation sites (tertiary alicyclic amines) is 1. The molecule has 1 aromatic heterocycles. The van der Waals surface area contributed by atoms with Gasteiger partial charge in [-0.2, -0.15) is 0 Å². The van der Waals surface area contributed by atoms with Crippen molar-refractivity contribution in [1.29, 1.82) is 0 Å². The van der Waals surface area contributed by atoms with Gasteiger partial charge >= 0.3 is 0 Å². The maximum atomic E-state index is 14.0. The van der Waals surface area contributed by atoms with Gasteiger partial charge in [-0.15, -0.1) is 11.3 Å². The van der Waals surface area contributed by atoms with E-state index < -0.39 is 35.4 Å². The number of phenolic OH excluding ortho intramolecular Hbond substituents is 1. The molecule has 4 atom stereocenters. The third kappa shape index (κ3) is 5.91. The van der Waals surface area contributed by atoms with Crippen LogP contribution in [0.3, 0.4) is 0 Å². The van der Waals surface area contributed by atoms with E-state index in [1.165, 1.54) is 28.4 Å². The van der Waals surface area contributed by atoms with E-state index in [1.807, 2.05) is 60.8 Å². The maximum absolute atomic E-state index is 14.0. The highest BCUT2D eigenvalue weighted by molar-refractivity contribution is 7.09. The summed E-state index contributed by atoms with van der Waals surface area (Å²) in [5.74, 6) is -3.49. The normalized spacial score (nSPS) is 21.9. The predicted octanol–water partition coefficient (Wildman–Crippen LogP) is 5.79. The number of aromatic hydroxyl groups is 1. The summed E-state index contributed by atoms with van der Waals surface area (Å²) in [5.41, 5.74) is 3.95. The Labute approximate surface area is 243 Å². The van der Waals surface area contributed by atoms with Crippen molar-refractivity contribution in [3.05, 3.63) is 99.0 Å². The van der Waals surface area contributed by atoms with Crippen LogP contribution in [0.2, 0.25) is 0 Å². The molecule has 2 amide bonds. The Morgan fingerprint density at radius 1 is 1.12 bits per heavy atom. The van der Waals surface area contributed by atoms with E-state index >= 15 is 0 Å². The van der Waals surface area contributed by atoms with Crippen molar-refractivity contribution in [2.45, 2.75) is 45.3 Å². The van der Waals surface area contributed by atoms with Crippen LogP contribution in [0.1, 0.15) is 48.6 Å². The van der Waals surface area contributed by atoms with Gasteiger partial charge in [-0.1, -0.05) is 61.0 Å². The van der Waals surface area contributed by atoms with E-state index in [0.29, 0.717) is 36.8 Å². The van der Waals surface area contributed by atoms with E-state index in [1.54, 1.807) is 6.07 Å². The number of rotatable bonds is 10. The van der Waals surface area contributed by atoms with Gasteiger partial charge in [0, 0.05) is 10.8 Å². The van der Waals surface area contributed by atoms with E-state index in [9.17, 15) is 29.3 Å². The Hall–Kier alpha value is -3.59. The SMILES string of the molecule is CCC1=C([C@H](O)CC/C(=C/c2ccc(O)c(F)c2)c2ccccc2)[C@H](CO)[C@@H]2C(=O)N(Cc3cccs3)C(=O)[C@@H]2C1. The number of carbonyl (C=O) groups excluding carboxylic acids is 2. The zero-order chi connectivity index (χ0) is 29.1. The number of carbonyl (C=O) groups is 2. The smallest absolute Gasteiger partial charge is 0.234 e. The van der Waals surface area contributed by atoms with Crippen LogP contribution in [0.15, 0.2) is 77.2 Å². The Kier molecular flexibility index (Phi) is 8.82. The Balaban J connectivity index is 1.40. The van der Waals surface area contributed by atoms with Crippen LogP contribution < -0.4 is 0 Å². The van der Waals surface area contributed by atoms with Crippen molar-refractivity contribution in [2.75, 3.05) is 6.61 Å². The van der Waals surface area contributed by atoms with Gasteiger partial charge in [-0.3, -0.25) is 14.5 Å². The van der Waals surface area contributed by atoms with Crippen LogP contribution in [-0.2, 0) is 16.1 Å². The van der Waals surface area contributed by atoms with E-state index in [0.717, 1.165) is 21.6 Å². The lowest BCUT2D eigenvalue weighted by molar-refractivity contribution is -0.140. The second-order valence-electron chi connectivity index (χ2n) is 10.7. The lowest BCUT2D eigenvalue weighted by Crippen LogP contribution is -2.39. The van der Waals surface area contributed by atoms with Crippen molar-refractivity contribution in [3.8, 4) is 5.75 Å². The maximum Gasteiger partial charge on any atom is 0.234 e. The molecule has 0 radical (unpaired) electrons. The number of allylic oxidation sites excluding steroid dienone is 2. The molecule has 41 heavy (non-hydrogen) atoms. The largest absolute Gasteiger partial charge is 0.505 e. The topological polar surface area (TPSA) is 98.1 Å². The monoisotopic (exact) mass is 575 g/mol. The summed E-state index contributed by atoms with van der Waals surface area (Å²) in [4.78, 5) is 29.1. The number of halogens is 1. The molecule has 3 N–H and O–H groups in total.